The van der Waals surface area contributed by atoms with Crippen LogP contribution in [0.1, 0.15) is 23.7 Å². The normalized spacial score (nSPS) is 15.1. The maximum absolute atomic E-state index is 12.9. The van der Waals surface area contributed by atoms with Gasteiger partial charge in [-0.2, -0.15) is 13.2 Å². The van der Waals surface area contributed by atoms with Crippen molar-refractivity contribution >= 4 is 5.97 Å². The van der Waals surface area contributed by atoms with E-state index in [-0.39, 0.29) is 0 Å². The van der Waals surface area contributed by atoms with E-state index in [0.29, 0.717) is 18.2 Å². The number of hydrogen-bond donors (Lipinski definition) is 3. The molecule has 1 aromatic carbocycles. The number of carboxylic acid groups (broad SMARTS) is 1. The number of alkyl halides is 3. The second-order valence-electron chi connectivity index (χ2n) is 3.84. The SMILES string of the molecule is O=C(O)CC(O)C(O)c1cc(F)ccc1C(F)(F)F. The molecule has 8 heteroatoms. The van der Waals surface area contributed by atoms with Crippen molar-refractivity contribution in [2.75, 3.05) is 0 Å². The maximum atomic E-state index is 12.9. The van der Waals surface area contributed by atoms with Crippen LogP contribution in [-0.4, -0.2) is 27.4 Å². The lowest BCUT2D eigenvalue weighted by Gasteiger charge is -2.20. The molecule has 2 unspecified atom stereocenters. The van der Waals surface area contributed by atoms with Gasteiger partial charge in [-0.1, -0.05) is 0 Å². The molecule has 0 aromatic heterocycles. The van der Waals surface area contributed by atoms with Gasteiger partial charge in [0.2, 0.25) is 0 Å². The molecule has 4 nitrogen and oxygen atoms in total. The summed E-state index contributed by atoms with van der Waals surface area (Å²) in [5.41, 5.74) is -2.23. The van der Waals surface area contributed by atoms with E-state index >= 15 is 0 Å². The molecular formula is C11H10F4O4. The Morgan fingerprint density at radius 1 is 1.26 bits per heavy atom. The molecule has 0 aliphatic carbocycles. The molecule has 3 N–H and O–H groups in total. The van der Waals surface area contributed by atoms with Gasteiger partial charge in [0.25, 0.3) is 0 Å². The van der Waals surface area contributed by atoms with Gasteiger partial charge in [-0.15, -0.1) is 0 Å². The van der Waals surface area contributed by atoms with Crippen LogP contribution >= 0.6 is 0 Å². The largest absolute Gasteiger partial charge is 0.481 e. The summed E-state index contributed by atoms with van der Waals surface area (Å²) in [6.45, 7) is 0. The quantitative estimate of drug-likeness (QED) is 0.735. The Labute approximate surface area is 104 Å². The summed E-state index contributed by atoms with van der Waals surface area (Å²) >= 11 is 0. The number of aliphatic hydroxyl groups is 2. The Morgan fingerprint density at radius 3 is 2.32 bits per heavy atom. The van der Waals surface area contributed by atoms with Gasteiger partial charge < -0.3 is 15.3 Å². The summed E-state index contributed by atoms with van der Waals surface area (Å²) in [6.07, 6.45) is -9.94. The van der Waals surface area contributed by atoms with Crippen LogP contribution in [0.2, 0.25) is 0 Å². The highest BCUT2D eigenvalue weighted by molar-refractivity contribution is 5.67. The van der Waals surface area contributed by atoms with E-state index in [4.69, 9.17) is 5.11 Å². The van der Waals surface area contributed by atoms with Gasteiger partial charge in [0.1, 0.15) is 11.9 Å². The number of carboxylic acids is 1. The molecule has 1 aromatic rings. The predicted molar refractivity (Wildman–Crippen MR) is 54.6 cm³/mol. The number of aliphatic hydroxyl groups excluding tert-OH is 2. The summed E-state index contributed by atoms with van der Waals surface area (Å²) in [7, 11) is 0. The zero-order valence-corrected chi connectivity index (χ0v) is 9.36. The van der Waals surface area contributed by atoms with Crippen LogP contribution in [0.15, 0.2) is 18.2 Å². The molecule has 0 aliphatic rings. The average Bonchev–Trinajstić information content (AvgIpc) is 2.25. The third kappa shape index (κ3) is 3.90. The van der Waals surface area contributed by atoms with Crippen molar-refractivity contribution in [3.05, 3.63) is 35.1 Å². The van der Waals surface area contributed by atoms with Crippen molar-refractivity contribution < 1.29 is 37.7 Å². The molecule has 19 heavy (non-hydrogen) atoms. The van der Waals surface area contributed by atoms with Crippen molar-refractivity contribution in [1.82, 2.24) is 0 Å². The summed E-state index contributed by atoms with van der Waals surface area (Å²) in [4.78, 5) is 10.3. The lowest BCUT2D eigenvalue weighted by Crippen LogP contribution is -2.24. The first-order valence-electron chi connectivity index (χ1n) is 5.07. The smallest absolute Gasteiger partial charge is 0.416 e. The molecule has 0 saturated carbocycles. The lowest BCUT2D eigenvalue weighted by molar-refractivity contribution is -0.142. The predicted octanol–water partition coefficient (Wildman–Crippen LogP) is 1.71. The van der Waals surface area contributed by atoms with Crippen molar-refractivity contribution in [2.24, 2.45) is 0 Å². The van der Waals surface area contributed by atoms with Gasteiger partial charge in [0.15, 0.2) is 0 Å². The van der Waals surface area contributed by atoms with Crippen LogP contribution in [0.4, 0.5) is 17.6 Å². The molecule has 0 fully saturated rings. The molecule has 0 amide bonds. The topological polar surface area (TPSA) is 77.8 Å². The number of aliphatic carboxylic acids is 1. The van der Waals surface area contributed by atoms with Crippen molar-refractivity contribution in [2.45, 2.75) is 24.8 Å². The van der Waals surface area contributed by atoms with E-state index in [1.807, 2.05) is 0 Å². The monoisotopic (exact) mass is 282 g/mol. The van der Waals surface area contributed by atoms with Crippen molar-refractivity contribution in [3.8, 4) is 0 Å². The Balaban J connectivity index is 3.17. The fourth-order valence-corrected chi connectivity index (χ4v) is 1.53. The molecular weight excluding hydrogens is 272 g/mol. The highest BCUT2D eigenvalue weighted by Crippen LogP contribution is 2.36. The summed E-state index contributed by atoms with van der Waals surface area (Å²) in [5, 5.41) is 27.2. The maximum Gasteiger partial charge on any atom is 0.416 e. The highest BCUT2D eigenvalue weighted by atomic mass is 19.4. The van der Waals surface area contributed by atoms with Gasteiger partial charge in [-0.25, -0.2) is 4.39 Å². The highest BCUT2D eigenvalue weighted by Gasteiger charge is 2.37. The number of benzene rings is 1. The Hall–Kier alpha value is -1.67. The van der Waals surface area contributed by atoms with Gasteiger partial charge >= 0.3 is 12.1 Å². The molecule has 0 radical (unpaired) electrons. The third-order valence-electron chi connectivity index (χ3n) is 2.39. The third-order valence-corrected chi connectivity index (χ3v) is 2.39. The first kappa shape index (κ1) is 15.4. The molecule has 0 saturated heterocycles. The minimum atomic E-state index is -4.85. The van der Waals surface area contributed by atoms with Crippen LogP contribution in [0, 0.1) is 5.82 Å². The molecule has 0 heterocycles. The molecule has 1 rings (SSSR count). The standard InChI is InChI=1S/C11H10F4O4/c12-5-1-2-7(11(13,14)15)6(3-5)10(19)8(16)4-9(17)18/h1-3,8,10,16,19H,4H2,(H,17,18). The zero-order valence-electron chi connectivity index (χ0n) is 9.36. The van der Waals surface area contributed by atoms with Crippen LogP contribution < -0.4 is 0 Å². The second-order valence-corrected chi connectivity index (χ2v) is 3.84. The summed E-state index contributed by atoms with van der Waals surface area (Å²) in [6, 6.07) is 1.39. The number of carbonyl (C=O) groups is 1. The average molecular weight is 282 g/mol. The van der Waals surface area contributed by atoms with E-state index < -0.39 is 47.7 Å². The van der Waals surface area contributed by atoms with E-state index in [2.05, 4.69) is 0 Å². The second kappa shape index (κ2) is 5.54. The Bertz CT molecular complexity index is 472. The molecule has 0 spiro atoms. The summed E-state index contributed by atoms with van der Waals surface area (Å²) < 4.78 is 50.8. The number of rotatable bonds is 4. The molecule has 0 bridgehead atoms. The summed E-state index contributed by atoms with van der Waals surface area (Å²) in [5.74, 6) is -2.54. The van der Waals surface area contributed by atoms with Gasteiger partial charge in [-0.05, 0) is 23.8 Å². The first-order chi connectivity index (χ1) is 8.62. The van der Waals surface area contributed by atoms with Crippen molar-refractivity contribution in [3.63, 3.8) is 0 Å². The lowest BCUT2D eigenvalue weighted by atomic mass is 9.96. The molecule has 0 aliphatic heterocycles. The van der Waals surface area contributed by atoms with Crippen LogP contribution in [0.5, 0.6) is 0 Å². The number of halogens is 4. The van der Waals surface area contributed by atoms with E-state index in [1.165, 1.54) is 0 Å². The van der Waals surface area contributed by atoms with Gasteiger partial charge in [-0.3, -0.25) is 4.79 Å². The van der Waals surface area contributed by atoms with Crippen LogP contribution in [0.3, 0.4) is 0 Å². The fraction of sp³-hybridized carbons (Fsp3) is 0.364. The van der Waals surface area contributed by atoms with Gasteiger partial charge in [0, 0.05) is 0 Å². The zero-order chi connectivity index (χ0) is 14.8. The Kier molecular flexibility index (Phi) is 4.48. The van der Waals surface area contributed by atoms with E-state index in [1.54, 1.807) is 0 Å². The fourth-order valence-electron chi connectivity index (χ4n) is 1.53. The minimum absolute atomic E-state index is 0.415. The van der Waals surface area contributed by atoms with Crippen LogP contribution in [-0.2, 0) is 11.0 Å². The number of hydrogen-bond acceptors (Lipinski definition) is 3. The molecule has 106 valence electrons. The van der Waals surface area contributed by atoms with E-state index in [9.17, 15) is 32.6 Å². The minimum Gasteiger partial charge on any atom is -0.481 e. The van der Waals surface area contributed by atoms with Gasteiger partial charge in [0.05, 0.1) is 18.1 Å². The molecule has 2 atom stereocenters. The van der Waals surface area contributed by atoms with E-state index in [0.717, 1.165) is 0 Å². The Morgan fingerprint density at radius 2 is 1.84 bits per heavy atom. The van der Waals surface area contributed by atoms with Crippen molar-refractivity contribution in [1.29, 1.82) is 0 Å². The van der Waals surface area contributed by atoms with Crippen LogP contribution in [0.25, 0.3) is 0 Å². The first-order valence-corrected chi connectivity index (χ1v) is 5.07.